The van der Waals surface area contributed by atoms with Crippen LogP contribution in [0, 0.1) is 0 Å². The number of amides is 2. The Balaban J connectivity index is 2.49. The minimum absolute atomic E-state index is 0.107. The summed E-state index contributed by atoms with van der Waals surface area (Å²) in [7, 11) is 0.544. The normalized spacial score (nSPS) is 11.8. The lowest BCUT2D eigenvalue weighted by Crippen LogP contribution is -2.52. The number of rotatable bonds is 13. The first-order valence-corrected chi connectivity index (χ1v) is 13.3. The molecule has 0 aromatic heterocycles. The maximum absolute atomic E-state index is 13.7. The van der Waals surface area contributed by atoms with E-state index in [4.69, 9.17) is 14.2 Å². The number of methoxy groups -OCH3 is 3. The average Bonchev–Trinajstić information content (AvgIpc) is 2.86. The van der Waals surface area contributed by atoms with E-state index in [0.717, 1.165) is 16.1 Å². The fraction of sp³-hybridized carbons (Fsp3) is 0.440. The average molecular weight is 522 g/mol. The Bertz CT molecular complexity index is 1140. The van der Waals surface area contributed by atoms with Crippen LogP contribution in [0.15, 0.2) is 42.5 Å². The topological polar surface area (TPSA) is 114 Å². The van der Waals surface area contributed by atoms with E-state index in [1.807, 2.05) is 0 Å². The van der Waals surface area contributed by atoms with Gasteiger partial charge >= 0.3 is 0 Å². The maximum atomic E-state index is 13.7. The third-order valence-corrected chi connectivity index (χ3v) is 6.71. The fourth-order valence-corrected chi connectivity index (χ4v) is 4.58. The van der Waals surface area contributed by atoms with Crippen molar-refractivity contribution in [3.63, 3.8) is 0 Å². The van der Waals surface area contributed by atoms with E-state index < -0.39 is 28.5 Å². The van der Waals surface area contributed by atoms with Crippen LogP contribution in [-0.4, -0.2) is 71.8 Å². The lowest BCUT2D eigenvalue weighted by atomic mass is 10.1. The second-order valence-corrected chi connectivity index (χ2v) is 9.90. The van der Waals surface area contributed by atoms with Crippen LogP contribution >= 0.6 is 0 Å². The number of sulfonamides is 1. The maximum Gasteiger partial charge on any atom is 0.244 e. The number of likely N-dealkylation sites (N-methyl/N-ethyl adjacent to an activating group) is 1. The predicted octanol–water partition coefficient (Wildman–Crippen LogP) is 2.42. The molecule has 10 nitrogen and oxygen atoms in total. The van der Waals surface area contributed by atoms with E-state index in [0.29, 0.717) is 24.5 Å². The van der Waals surface area contributed by atoms with Crippen LogP contribution in [0.25, 0.3) is 0 Å². The van der Waals surface area contributed by atoms with E-state index in [1.165, 1.54) is 31.3 Å². The van der Waals surface area contributed by atoms with E-state index in [2.05, 4.69) is 5.32 Å². The van der Waals surface area contributed by atoms with Gasteiger partial charge in [-0.25, -0.2) is 8.42 Å². The minimum atomic E-state index is -3.90. The minimum Gasteiger partial charge on any atom is -0.497 e. The van der Waals surface area contributed by atoms with Crippen LogP contribution in [0.2, 0.25) is 0 Å². The molecule has 2 aromatic rings. The summed E-state index contributed by atoms with van der Waals surface area (Å²) in [6.07, 6.45) is 1.36. The van der Waals surface area contributed by atoms with Gasteiger partial charge in [-0.2, -0.15) is 0 Å². The van der Waals surface area contributed by atoms with Crippen molar-refractivity contribution >= 4 is 27.5 Å². The Morgan fingerprint density at radius 2 is 1.56 bits per heavy atom. The number of nitrogens with one attached hydrogen (secondary N) is 1. The number of carbonyl (C=O) groups excluding carboxylic acids is 2. The van der Waals surface area contributed by atoms with Crippen LogP contribution in [0.5, 0.6) is 17.2 Å². The Hall–Kier alpha value is -3.47. The number of benzene rings is 2. The van der Waals surface area contributed by atoms with Crippen molar-refractivity contribution in [2.45, 2.75) is 32.9 Å². The highest BCUT2D eigenvalue weighted by atomic mass is 32.2. The molecule has 1 atom stereocenters. The van der Waals surface area contributed by atoms with Gasteiger partial charge in [-0.3, -0.25) is 13.9 Å². The monoisotopic (exact) mass is 521 g/mol. The second kappa shape index (κ2) is 13.0. The summed E-state index contributed by atoms with van der Waals surface area (Å²) in [5, 5.41) is 2.76. The zero-order chi connectivity index (χ0) is 26.9. The summed E-state index contributed by atoms with van der Waals surface area (Å²) >= 11 is 0. The van der Waals surface area contributed by atoms with Crippen molar-refractivity contribution in [2.24, 2.45) is 0 Å². The van der Waals surface area contributed by atoms with Gasteiger partial charge in [0, 0.05) is 19.2 Å². The quantitative estimate of drug-likeness (QED) is 0.431. The molecule has 0 heterocycles. The predicted molar refractivity (Wildman–Crippen MR) is 138 cm³/mol. The summed E-state index contributed by atoms with van der Waals surface area (Å²) in [6.45, 7) is 3.58. The van der Waals surface area contributed by atoms with Gasteiger partial charge in [0.15, 0.2) is 0 Å². The first-order chi connectivity index (χ1) is 17.1. The highest BCUT2D eigenvalue weighted by Crippen LogP contribution is 2.33. The van der Waals surface area contributed by atoms with Gasteiger partial charge in [-0.05, 0) is 43.2 Å². The first-order valence-electron chi connectivity index (χ1n) is 11.5. The zero-order valence-corrected chi connectivity index (χ0v) is 22.4. The van der Waals surface area contributed by atoms with Crippen LogP contribution < -0.4 is 23.8 Å². The smallest absolute Gasteiger partial charge is 0.244 e. The Labute approximate surface area is 213 Å². The van der Waals surface area contributed by atoms with E-state index in [9.17, 15) is 18.0 Å². The number of nitrogens with zero attached hydrogens (tertiary/aromatic N) is 2. The molecule has 36 heavy (non-hydrogen) atoms. The highest BCUT2D eigenvalue weighted by Gasteiger charge is 2.32. The summed E-state index contributed by atoms with van der Waals surface area (Å²) in [5.41, 5.74) is 0.949. The Morgan fingerprint density at radius 1 is 0.944 bits per heavy atom. The van der Waals surface area contributed by atoms with E-state index in [-0.39, 0.29) is 23.9 Å². The van der Waals surface area contributed by atoms with Gasteiger partial charge in [-0.15, -0.1) is 0 Å². The molecule has 1 N–H and O–H groups in total. The molecular weight excluding hydrogens is 486 g/mol. The van der Waals surface area contributed by atoms with Crippen LogP contribution in [0.3, 0.4) is 0 Å². The van der Waals surface area contributed by atoms with Gasteiger partial charge in [-0.1, -0.05) is 19.1 Å². The zero-order valence-electron chi connectivity index (χ0n) is 21.6. The third-order valence-electron chi connectivity index (χ3n) is 5.58. The van der Waals surface area contributed by atoms with Gasteiger partial charge < -0.3 is 24.4 Å². The van der Waals surface area contributed by atoms with Crippen LogP contribution in [-0.2, 0) is 26.2 Å². The van der Waals surface area contributed by atoms with Crippen molar-refractivity contribution in [2.75, 3.05) is 45.0 Å². The second-order valence-electron chi connectivity index (χ2n) is 8.00. The van der Waals surface area contributed by atoms with E-state index >= 15 is 0 Å². The largest absolute Gasteiger partial charge is 0.497 e. The summed E-state index contributed by atoms with van der Waals surface area (Å²) in [5.74, 6) is 0.507. The Kier molecular flexibility index (Phi) is 10.4. The number of carbonyl (C=O) groups is 2. The van der Waals surface area contributed by atoms with Crippen molar-refractivity contribution in [3.05, 3.63) is 48.0 Å². The summed E-state index contributed by atoms with van der Waals surface area (Å²) in [4.78, 5) is 27.9. The number of hydrogen-bond acceptors (Lipinski definition) is 7. The molecule has 198 valence electrons. The van der Waals surface area contributed by atoms with Crippen molar-refractivity contribution in [1.82, 2.24) is 10.2 Å². The third kappa shape index (κ3) is 7.27. The van der Waals surface area contributed by atoms with Crippen molar-refractivity contribution in [1.29, 1.82) is 0 Å². The molecular formula is C25H35N3O7S. The molecule has 0 unspecified atom stereocenters. The molecule has 0 bridgehead atoms. The fourth-order valence-electron chi connectivity index (χ4n) is 3.72. The molecule has 0 radical (unpaired) electrons. The number of hydrogen-bond donors (Lipinski definition) is 1. The molecule has 2 amide bonds. The molecule has 11 heteroatoms. The number of ether oxygens (including phenoxy) is 3. The van der Waals surface area contributed by atoms with Gasteiger partial charge in [0.1, 0.15) is 29.8 Å². The van der Waals surface area contributed by atoms with Crippen LogP contribution in [0.4, 0.5) is 5.69 Å². The van der Waals surface area contributed by atoms with Gasteiger partial charge in [0.2, 0.25) is 21.8 Å². The molecule has 2 aromatic carbocycles. The SMILES string of the molecule is CCNC(=O)[C@H](CC)N(Cc1ccc(OC)cc1)C(=O)CN(c1ccc(OC)cc1OC)S(C)(=O)=O. The molecule has 0 aliphatic heterocycles. The standard InChI is InChI=1S/C25H35N3O7S/c1-7-21(25(30)26-8-2)27(16-18-9-11-19(33-3)12-10-18)24(29)17-28(36(6,31)32)22-14-13-20(34-4)15-23(22)35-5/h9-15,21H,7-8,16-17H2,1-6H3,(H,26,30)/t21-/m0/s1. The Morgan fingerprint density at radius 3 is 2.06 bits per heavy atom. The molecule has 0 aliphatic carbocycles. The molecule has 0 saturated heterocycles. The van der Waals surface area contributed by atoms with Crippen LogP contribution in [0.1, 0.15) is 25.8 Å². The van der Waals surface area contributed by atoms with Crippen molar-refractivity contribution < 1.29 is 32.2 Å². The first kappa shape index (κ1) is 28.8. The van der Waals surface area contributed by atoms with Gasteiger partial charge in [0.25, 0.3) is 0 Å². The van der Waals surface area contributed by atoms with Crippen molar-refractivity contribution in [3.8, 4) is 17.2 Å². The lowest BCUT2D eigenvalue weighted by Gasteiger charge is -2.33. The number of anilines is 1. The molecule has 0 spiro atoms. The lowest BCUT2D eigenvalue weighted by molar-refractivity contribution is -0.140. The summed E-state index contributed by atoms with van der Waals surface area (Å²) in [6, 6.07) is 11.0. The molecule has 2 rings (SSSR count). The van der Waals surface area contributed by atoms with Gasteiger partial charge in [0.05, 0.1) is 33.3 Å². The van der Waals surface area contributed by atoms with E-state index in [1.54, 1.807) is 51.3 Å². The molecule has 0 aliphatic rings. The molecule has 0 saturated carbocycles. The molecule has 0 fully saturated rings. The highest BCUT2D eigenvalue weighted by molar-refractivity contribution is 7.92. The summed E-state index contributed by atoms with van der Waals surface area (Å²) < 4.78 is 42.3.